The quantitative estimate of drug-likeness (QED) is 0.660. The number of anilines is 1. The number of benzene rings is 2. The first-order valence-corrected chi connectivity index (χ1v) is 8.89. The number of aryl methyl sites for hydroxylation is 2. The minimum Gasteiger partial charge on any atom is -0.453 e. The average molecular weight is 380 g/mol. The maximum absolute atomic E-state index is 12.2. The number of nitrogens with zero attached hydrogens (tertiary/aromatic N) is 1. The number of para-hydroxylation sites is 3. The summed E-state index contributed by atoms with van der Waals surface area (Å²) in [7, 11) is 0. The maximum atomic E-state index is 12.2. The zero-order valence-electron chi connectivity index (χ0n) is 15.6. The Morgan fingerprint density at radius 1 is 1.14 bits per heavy atom. The van der Waals surface area contributed by atoms with Crippen molar-refractivity contribution in [1.82, 2.24) is 4.98 Å². The number of fused-ring (bicyclic) bond motifs is 1. The molecular formula is C21H20N2O5. The number of nitrogens with one attached hydrogen (secondary N) is 1. The molecule has 0 spiro atoms. The Morgan fingerprint density at radius 2 is 1.86 bits per heavy atom. The van der Waals surface area contributed by atoms with Crippen LogP contribution in [0.3, 0.4) is 0 Å². The van der Waals surface area contributed by atoms with Gasteiger partial charge < -0.3 is 14.5 Å². The van der Waals surface area contributed by atoms with Crippen molar-refractivity contribution in [3.8, 4) is 0 Å². The number of aromatic nitrogens is 1. The van der Waals surface area contributed by atoms with Crippen LogP contribution in [0.5, 0.6) is 0 Å². The van der Waals surface area contributed by atoms with Crippen LogP contribution in [0.15, 0.2) is 57.7 Å². The van der Waals surface area contributed by atoms with Crippen molar-refractivity contribution in [3.05, 3.63) is 70.2 Å². The zero-order chi connectivity index (χ0) is 20.1. The molecule has 0 unspecified atom stereocenters. The predicted molar refractivity (Wildman–Crippen MR) is 104 cm³/mol. The fourth-order valence-corrected chi connectivity index (χ4v) is 2.62. The van der Waals surface area contributed by atoms with Gasteiger partial charge in [-0.3, -0.25) is 9.59 Å². The van der Waals surface area contributed by atoms with Crippen molar-refractivity contribution >= 4 is 28.7 Å². The van der Waals surface area contributed by atoms with E-state index in [1.807, 2.05) is 19.1 Å². The SMILES string of the molecule is Cc1ccccc1NC(=O)[C@H](C)OC(=O)CCc1nc2ccccc2oc1=O. The Hall–Kier alpha value is -3.48. The van der Waals surface area contributed by atoms with E-state index in [4.69, 9.17) is 9.15 Å². The topological polar surface area (TPSA) is 98.5 Å². The van der Waals surface area contributed by atoms with E-state index < -0.39 is 23.6 Å². The maximum Gasteiger partial charge on any atom is 0.358 e. The summed E-state index contributed by atoms with van der Waals surface area (Å²) in [5.74, 6) is -1.02. The minimum atomic E-state index is -0.965. The van der Waals surface area contributed by atoms with Crippen molar-refractivity contribution < 1.29 is 18.7 Å². The van der Waals surface area contributed by atoms with Gasteiger partial charge in [-0.05, 0) is 37.6 Å². The number of hydrogen-bond acceptors (Lipinski definition) is 6. The van der Waals surface area contributed by atoms with Crippen LogP contribution < -0.4 is 10.9 Å². The lowest BCUT2D eigenvalue weighted by Gasteiger charge is -2.14. The molecule has 1 atom stereocenters. The van der Waals surface area contributed by atoms with Crippen molar-refractivity contribution in [2.75, 3.05) is 5.32 Å². The van der Waals surface area contributed by atoms with Gasteiger partial charge in [-0.25, -0.2) is 9.78 Å². The van der Waals surface area contributed by atoms with Crippen LogP contribution in [-0.4, -0.2) is 23.0 Å². The van der Waals surface area contributed by atoms with E-state index in [0.29, 0.717) is 16.8 Å². The summed E-state index contributed by atoms with van der Waals surface area (Å²) < 4.78 is 10.3. The van der Waals surface area contributed by atoms with Crippen LogP contribution in [0.4, 0.5) is 5.69 Å². The number of amides is 1. The second-order valence-corrected chi connectivity index (χ2v) is 6.35. The fraction of sp³-hybridized carbons (Fsp3) is 0.238. The molecule has 0 saturated heterocycles. The van der Waals surface area contributed by atoms with Gasteiger partial charge in [0.2, 0.25) is 0 Å². The highest BCUT2D eigenvalue weighted by atomic mass is 16.5. The summed E-state index contributed by atoms with van der Waals surface area (Å²) in [4.78, 5) is 40.5. The van der Waals surface area contributed by atoms with Gasteiger partial charge >= 0.3 is 11.6 Å². The first-order valence-electron chi connectivity index (χ1n) is 8.89. The Kier molecular flexibility index (Phi) is 5.84. The molecule has 3 aromatic rings. The Morgan fingerprint density at radius 3 is 2.64 bits per heavy atom. The lowest BCUT2D eigenvalue weighted by molar-refractivity contribution is -0.153. The average Bonchev–Trinajstić information content (AvgIpc) is 2.68. The van der Waals surface area contributed by atoms with Crippen molar-refractivity contribution in [1.29, 1.82) is 0 Å². The molecule has 28 heavy (non-hydrogen) atoms. The molecule has 7 nitrogen and oxygen atoms in total. The molecule has 0 radical (unpaired) electrons. The summed E-state index contributed by atoms with van der Waals surface area (Å²) >= 11 is 0. The number of ether oxygens (including phenoxy) is 1. The van der Waals surface area contributed by atoms with Gasteiger partial charge in [-0.2, -0.15) is 0 Å². The number of carbonyl (C=O) groups is 2. The van der Waals surface area contributed by atoms with Crippen LogP contribution in [0.2, 0.25) is 0 Å². The van der Waals surface area contributed by atoms with Gasteiger partial charge in [-0.1, -0.05) is 30.3 Å². The molecule has 7 heteroatoms. The zero-order valence-corrected chi connectivity index (χ0v) is 15.6. The summed E-state index contributed by atoms with van der Waals surface area (Å²) in [6.45, 7) is 3.36. The van der Waals surface area contributed by atoms with E-state index in [1.54, 1.807) is 36.4 Å². The number of esters is 1. The second kappa shape index (κ2) is 8.47. The first kappa shape index (κ1) is 19.3. The van der Waals surface area contributed by atoms with Crippen molar-refractivity contribution in [2.24, 2.45) is 0 Å². The standard InChI is InChI=1S/C21H20N2O5/c1-13-7-3-4-8-15(13)23-20(25)14(2)27-19(24)12-11-17-21(26)28-18-10-6-5-9-16(18)22-17/h3-10,14H,11-12H2,1-2H3,(H,23,25)/t14-/m0/s1. The number of rotatable bonds is 6. The molecule has 0 saturated carbocycles. The highest BCUT2D eigenvalue weighted by Gasteiger charge is 2.19. The third kappa shape index (κ3) is 4.62. The van der Waals surface area contributed by atoms with Crippen LogP contribution >= 0.6 is 0 Å². The van der Waals surface area contributed by atoms with E-state index in [2.05, 4.69) is 10.3 Å². The first-order chi connectivity index (χ1) is 13.4. The molecule has 3 rings (SSSR count). The molecule has 144 valence electrons. The van der Waals surface area contributed by atoms with Crippen LogP contribution in [0.1, 0.15) is 24.6 Å². The summed E-state index contributed by atoms with van der Waals surface area (Å²) in [5, 5.41) is 2.72. The largest absolute Gasteiger partial charge is 0.453 e. The molecule has 0 aliphatic rings. The molecule has 0 bridgehead atoms. The molecule has 0 fully saturated rings. The normalized spacial score (nSPS) is 11.8. The molecule has 0 aliphatic carbocycles. The van der Waals surface area contributed by atoms with Gasteiger partial charge in [0.15, 0.2) is 11.7 Å². The van der Waals surface area contributed by atoms with Gasteiger partial charge in [0, 0.05) is 12.1 Å². The summed E-state index contributed by atoms with van der Waals surface area (Å²) in [5.41, 5.74) is 2.05. The minimum absolute atomic E-state index is 0.0676. The molecule has 1 heterocycles. The van der Waals surface area contributed by atoms with Crippen LogP contribution in [0, 0.1) is 6.92 Å². The number of hydrogen-bond donors (Lipinski definition) is 1. The lowest BCUT2D eigenvalue weighted by Crippen LogP contribution is -2.30. The molecular weight excluding hydrogens is 360 g/mol. The molecule has 1 aromatic heterocycles. The van der Waals surface area contributed by atoms with Crippen molar-refractivity contribution in [3.63, 3.8) is 0 Å². The molecule has 2 aromatic carbocycles. The second-order valence-electron chi connectivity index (χ2n) is 6.35. The van der Waals surface area contributed by atoms with Gasteiger partial charge in [0.1, 0.15) is 11.2 Å². The predicted octanol–water partition coefficient (Wildman–Crippen LogP) is 3.00. The van der Waals surface area contributed by atoms with E-state index in [-0.39, 0.29) is 18.5 Å². The Labute approximate surface area is 161 Å². The van der Waals surface area contributed by atoms with E-state index in [1.165, 1.54) is 6.92 Å². The Balaban J connectivity index is 1.56. The van der Waals surface area contributed by atoms with Crippen molar-refractivity contribution in [2.45, 2.75) is 32.8 Å². The van der Waals surface area contributed by atoms with E-state index >= 15 is 0 Å². The third-order valence-corrected chi connectivity index (χ3v) is 4.21. The van der Waals surface area contributed by atoms with Crippen LogP contribution in [-0.2, 0) is 20.7 Å². The summed E-state index contributed by atoms with van der Waals surface area (Å²) in [6.07, 6.45) is -0.982. The van der Waals surface area contributed by atoms with Crippen LogP contribution in [0.25, 0.3) is 11.1 Å². The van der Waals surface area contributed by atoms with Gasteiger partial charge in [0.05, 0.1) is 6.42 Å². The highest BCUT2D eigenvalue weighted by molar-refractivity contribution is 5.95. The van der Waals surface area contributed by atoms with Gasteiger partial charge in [0.25, 0.3) is 5.91 Å². The summed E-state index contributed by atoms with van der Waals surface area (Å²) in [6, 6.07) is 14.2. The van der Waals surface area contributed by atoms with E-state index in [0.717, 1.165) is 5.56 Å². The number of carbonyl (C=O) groups excluding carboxylic acids is 2. The third-order valence-electron chi connectivity index (χ3n) is 4.21. The monoisotopic (exact) mass is 380 g/mol. The van der Waals surface area contributed by atoms with E-state index in [9.17, 15) is 14.4 Å². The highest BCUT2D eigenvalue weighted by Crippen LogP contribution is 2.14. The lowest BCUT2D eigenvalue weighted by atomic mass is 10.2. The van der Waals surface area contributed by atoms with Gasteiger partial charge in [-0.15, -0.1) is 0 Å². The fourth-order valence-electron chi connectivity index (χ4n) is 2.62. The molecule has 1 N–H and O–H groups in total. The smallest absolute Gasteiger partial charge is 0.358 e. The Bertz CT molecular complexity index is 1070. The molecule has 0 aliphatic heterocycles. The molecule has 1 amide bonds.